The van der Waals surface area contributed by atoms with E-state index in [1.807, 2.05) is 0 Å². The molecular formula is C20H34N6O8. The Morgan fingerprint density at radius 1 is 0.912 bits per heavy atom. The van der Waals surface area contributed by atoms with E-state index in [1.165, 1.54) is 0 Å². The van der Waals surface area contributed by atoms with Gasteiger partial charge in [0.2, 0.25) is 23.6 Å². The summed E-state index contributed by atoms with van der Waals surface area (Å²) >= 11 is 0. The van der Waals surface area contributed by atoms with Gasteiger partial charge < -0.3 is 42.9 Å². The van der Waals surface area contributed by atoms with Crippen LogP contribution in [0, 0.1) is 0 Å². The van der Waals surface area contributed by atoms with Crippen LogP contribution in [0.3, 0.4) is 0 Å². The van der Waals surface area contributed by atoms with Crippen LogP contribution in [0.4, 0.5) is 0 Å². The lowest BCUT2D eigenvalue weighted by molar-refractivity contribution is -0.143. The van der Waals surface area contributed by atoms with Gasteiger partial charge in [-0.15, -0.1) is 0 Å². The highest BCUT2D eigenvalue weighted by atomic mass is 16.4. The van der Waals surface area contributed by atoms with Crippen LogP contribution in [0.5, 0.6) is 0 Å². The molecule has 0 aliphatic carbocycles. The van der Waals surface area contributed by atoms with Crippen LogP contribution in [0.25, 0.3) is 0 Å². The molecule has 4 amide bonds. The van der Waals surface area contributed by atoms with Crippen LogP contribution in [-0.4, -0.2) is 83.0 Å². The van der Waals surface area contributed by atoms with Gasteiger partial charge in [0.15, 0.2) is 0 Å². The number of hydrogen-bond acceptors (Lipinski definition) is 8. The number of rotatable bonds is 16. The molecule has 0 saturated carbocycles. The first kappa shape index (κ1) is 28.8. The predicted molar refractivity (Wildman–Crippen MR) is 118 cm³/mol. The Bertz CT molecular complexity index is 755. The third-order valence-corrected chi connectivity index (χ3v) is 5.26. The minimum atomic E-state index is -1.59. The highest BCUT2D eigenvalue weighted by molar-refractivity contribution is 5.95. The van der Waals surface area contributed by atoms with Crippen LogP contribution in [-0.2, 0) is 28.8 Å². The molecule has 4 unspecified atom stereocenters. The lowest BCUT2D eigenvalue weighted by Gasteiger charge is -2.25. The summed E-state index contributed by atoms with van der Waals surface area (Å²) < 4.78 is 0. The number of unbranched alkanes of at least 4 members (excludes halogenated alkanes) is 1. The normalized spacial score (nSPS) is 17.7. The summed E-state index contributed by atoms with van der Waals surface area (Å²) in [5, 5.41) is 28.4. The van der Waals surface area contributed by atoms with Crippen molar-refractivity contribution in [2.75, 3.05) is 13.1 Å². The molecule has 0 radical (unpaired) electrons. The van der Waals surface area contributed by atoms with E-state index < -0.39 is 72.6 Å². The van der Waals surface area contributed by atoms with Crippen molar-refractivity contribution in [3.8, 4) is 0 Å². The maximum absolute atomic E-state index is 12.9. The smallest absolute Gasteiger partial charge is 0.326 e. The Hall–Kier alpha value is -3.26. The van der Waals surface area contributed by atoms with Crippen molar-refractivity contribution in [2.45, 2.75) is 75.5 Å². The molecule has 1 fully saturated rings. The summed E-state index contributed by atoms with van der Waals surface area (Å²) in [6.45, 7) is 0.969. The van der Waals surface area contributed by atoms with E-state index >= 15 is 0 Å². The Labute approximate surface area is 196 Å². The Morgan fingerprint density at radius 3 is 2.03 bits per heavy atom. The van der Waals surface area contributed by atoms with Gasteiger partial charge >= 0.3 is 11.9 Å². The van der Waals surface area contributed by atoms with Crippen molar-refractivity contribution >= 4 is 35.6 Å². The summed E-state index contributed by atoms with van der Waals surface area (Å²) in [4.78, 5) is 71.6. The van der Waals surface area contributed by atoms with Gasteiger partial charge in [-0.3, -0.25) is 24.0 Å². The maximum atomic E-state index is 12.9. The average Bonchev–Trinajstić information content (AvgIpc) is 3.29. The van der Waals surface area contributed by atoms with Gasteiger partial charge in [0, 0.05) is 6.42 Å². The van der Waals surface area contributed by atoms with Crippen molar-refractivity contribution < 1.29 is 39.0 Å². The van der Waals surface area contributed by atoms with E-state index in [0.717, 1.165) is 6.42 Å². The molecule has 14 nitrogen and oxygen atoms in total. The Morgan fingerprint density at radius 2 is 1.53 bits per heavy atom. The highest BCUT2D eigenvalue weighted by Crippen LogP contribution is 2.08. The molecule has 0 aromatic heterocycles. The number of nitrogens with one attached hydrogen (secondary N) is 4. The molecule has 14 heteroatoms. The fraction of sp³-hybridized carbons (Fsp3) is 0.700. The van der Waals surface area contributed by atoms with Gasteiger partial charge in [-0.2, -0.15) is 0 Å². The van der Waals surface area contributed by atoms with Crippen LogP contribution in [0.15, 0.2) is 0 Å². The zero-order valence-corrected chi connectivity index (χ0v) is 18.9. The molecule has 0 bridgehead atoms. The molecule has 0 aromatic carbocycles. The molecule has 10 N–H and O–H groups in total. The molecule has 1 aliphatic heterocycles. The first-order valence-corrected chi connectivity index (χ1v) is 11.1. The number of hydrogen-bond donors (Lipinski definition) is 8. The minimum Gasteiger partial charge on any atom is -0.481 e. The number of carbonyl (C=O) groups is 6. The summed E-state index contributed by atoms with van der Waals surface area (Å²) in [6, 6.07) is -4.52. The molecule has 1 heterocycles. The number of amides is 4. The topological polar surface area (TPSA) is 243 Å². The van der Waals surface area contributed by atoms with E-state index in [0.29, 0.717) is 32.4 Å². The Balaban J connectivity index is 2.95. The van der Waals surface area contributed by atoms with E-state index in [-0.39, 0.29) is 12.8 Å². The van der Waals surface area contributed by atoms with Crippen LogP contribution >= 0.6 is 0 Å². The largest absolute Gasteiger partial charge is 0.481 e. The van der Waals surface area contributed by atoms with Crippen LogP contribution in [0.1, 0.15) is 51.4 Å². The van der Waals surface area contributed by atoms with Gasteiger partial charge in [0.25, 0.3) is 0 Å². The predicted octanol–water partition coefficient (Wildman–Crippen LogP) is -2.85. The number of nitrogens with two attached hydrogens (primary N) is 2. The second-order valence-electron chi connectivity index (χ2n) is 8.06. The van der Waals surface area contributed by atoms with Gasteiger partial charge in [-0.05, 0) is 51.6 Å². The van der Waals surface area contributed by atoms with Crippen LogP contribution < -0.4 is 32.7 Å². The fourth-order valence-corrected chi connectivity index (χ4v) is 3.42. The van der Waals surface area contributed by atoms with Gasteiger partial charge in [-0.25, -0.2) is 4.79 Å². The molecular weight excluding hydrogens is 452 g/mol. The molecule has 0 spiro atoms. The monoisotopic (exact) mass is 486 g/mol. The first-order valence-electron chi connectivity index (χ1n) is 11.1. The zero-order valence-electron chi connectivity index (χ0n) is 18.9. The number of carboxylic acid groups (broad SMARTS) is 2. The van der Waals surface area contributed by atoms with Crippen molar-refractivity contribution in [2.24, 2.45) is 11.5 Å². The van der Waals surface area contributed by atoms with E-state index in [4.69, 9.17) is 16.6 Å². The SMILES string of the molecule is NCCCCC(NC(=O)C(CCC(=O)O)NC(=O)C1CCCN1)C(=O)NC(CC(N)=O)C(=O)O. The first-order chi connectivity index (χ1) is 16.0. The lowest BCUT2D eigenvalue weighted by atomic mass is 10.0. The maximum Gasteiger partial charge on any atom is 0.326 e. The van der Waals surface area contributed by atoms with E-state index in [9.17, 15) is 33.9 Å². The van der Waals surface area contributed by atoms with E-state index in [2.05, 4.69) is 21.3 Å². The summed E-state index contributed by atoms with van der Waals surface area (Å²) in [5.41, 5.74) is 10.5. The molecule has 1 rings (SSSR count). The minimum absolute atomic E-state index is 0.0987. The quantitative estimate of drug-likeness (QED) is 0.104. The van der Waals surface area contributed by atoms with Gasteiger partial charge in [0.1, 0.15) is 18.1 Å². The van der Waals surface area contributed by atoms with Crippen molar-refractivity contribution in [3.63, 3.8) is 0 Å². The van der Waals surface area contributed by atoms with Crippen LogP contribution in [0.2, 0.25) is 0 Å². The second-order valence-corrected chi connectivity index (χ2v) is 8.06. The van der Waals surface area contributed by atoms with Gasteiger partial charge in [-0.1, -0.05) is 0 Å². The third kappa shape index (κ3) is 10.6. The number of aliphatic carboxylic acids is 2. The number of primary amides is 1. The van der Waals surface area contributed by atoms with Crippen molar-refractivity contribution in [3.05, 3.63) is 0 Å². The van der Waals surface area contributed by atoms with Crippen molar-refractivity contribution in [1.82, 2.24) is 21.3 Å². The fourth-order valence-electron chi connectivity index (χ4n) is 3.42. The molecule has 1 aliphatic rings. The number of carbonyl (C=O) groups excluding carboxylic acids is 4. The second kappa shape index (κ2) is 14.8. The lowest BCUT2D eigenvalue weighted by Crippen LogP contribution is -2.57. The third-order valence-electron chi connectivity index (χ3n) is 5.26. The number of carboxylic acids is 2. The molecule has 34 heavy (non-hydrogen) atoms. The van der Waals surface area contributed by atoms with Gasteiger partial charge in [0.05, 0.1) is 12.5 Å². The zero-order chi connectivity index (χ0) is 25.7. The molecule has 0 aromatic rings. The molecule has 1 saturated heterocycles. The standard InChI is InChI=1S/C20H34N6O8/c21-8-2-1-4-12(18(31)26-14(20(33)34)10-15(22)27)24-19(32)13(6-7-16(28)29)25-17(30)11-5-3-9-23-11/h11-14,23H,1-10,21H2,(H2,22,27)(H,24,32)(H,25,30)(H,26,31)(H,28,29)(H,33,34). The van der Waals surface area contributed by atoms with Crippen molar-refractivity contribution in [1.29, 1.82) is 0 Å². The summed E-state index contributed by atoms with van der Waals surface area (Å²) in [6.07, 6.45) is 1.13. The summed E-state index contributed by atoms with van der Waals surface area (Å²) in [7, 11) is 0. The highest BCUT2D eigenvalue weighted by Gasteiger charge is 2.32. The average molecular weight is 487 g/mol. The Kier molecular flexibility index (Phi) is 12.5. The summed E-state index contributed by atoms with van der Waals surface area (Å²) in [5.74, 6) is -5.69. The molecule has 192 valence electrons. The molecule has 4 atom stereocenters. The van der Waals surface area contributed by atoms with E-state index in [1.54, 1.807) is 0 Å².